The number of allylic oxidation sites excluding steroid dienone is 1. The number of carbonyl (C=O) groups excluding carboxylic acids is 1. The molecule has 28 heavy (non-hydrogen) atoms. The largest absolute Gasteiger partial charge is 0.493 e. The summed E-state index contributed by atoms with van der Waals surface area (Å²) in [5.74, 6) is 1.36. The van der Waals surface area contributed by atoms with Crippen LogP contribution in [0.5, 0.6) is 5.75 Å². The van der Waals surface area contributed by atoms with Crippen molar-refractivity contribution >= 4 is 39.7 Å². The Hall–Kier alpha value is -2.72. The lowest BCUT2D eigenvalue weighted by Gasteiger charge is -2.11. The number of hydrogen-bond donors (Lipinski definition) is 1. The molecule has 0 spiro atoms. The zero-order chi connectivity index (χ0) is 20.4. The first-order valence-electron chi connectivity index (χ1n) is 9.22. The van der Waals surface area contributed by atoms with Crippen LogP contribution in [0.3, 0.4) is 0 Å². The van der Waals surface area contributed by atoms with Gasteiger partial charge in [0.15, 0.2) is 0 Å². The fourth-order valence-electron chi connectivity index (χ4n) is 3.08. The highest BCUT2D eigenvalue weighted by Crippen LogP contribution is 2.35. The minimum Gasteiger partial charge on any atom is -0.493 e. The van der Waals surface area contributed by atoms with Crippen LogP contribution in [0.4, 0.5) is 5.69 Å². The van der Waals surface area contributed by atoms with Gasteiger partial charge < -0.3 is 14.5 Å². The van der Waals surface area contributed by atoms with Gasteiger partial charge in [0, 0.05) is 33.8 Å². The molecule has 0 unspecified atom stereocenters. The predicted molar refractivity (Wildman–Crippen MR) is 115 cm³/mol. The van der Waals surface area contributed by atoms with Crippen molar-refractivity contribution < 1.29 is 13.9 Å². The van der Waals surface area contributed by atoms with Crippen LogP contribution in [-0.4, -0.2) is 12.5 Å². The SMILES string of the molecule is CCOc1cc2oc(C)c(C)c2cc1/C(C)=C/C(=O)Nc1ccc(C)c(Cl)c1. The number of halogens is 1. The van der Waals surface area contributed by atoms with Gasteiger partial charge in [-0.05, 0) is 69.5 Å². The normalized spacial score (nSPS) is 11.7. The van der Waals surface area contributed by atoms with Gasteiger partial charge in [-0.15, -0.1) is 0 Å². The van der Waals surface area contributed by atoms with Crippen molar-refractivity contribution in [1.82, 2.24) is 0 Å². The Labute approximate surface area is 170 Å². The molecular formula is C23H24ClNO3. The second kappa shape index (κ2) is 8.11. The third-order valence-corrected chi connectivity index (χ3v) is 5.20. The minimum atomic E-state index is -0.222. The molecule has 4 nitrogen and oxygen atoms in total. The fourth-order valence-corrected chi connectivity index (χ4v) is 3.26. The van der Waals surface area contributed by atoms with Gasteiger partial charge in [0.2, 0.25) is 5.91 Å². The summed E-state index contributed by atoms with van der Waals surface area (Å²) in [5.41, 5.74) is 5.17. The number of amides is 1. The van der Waals surface area contributed by atoms with Crippen LogP contribution in [0.2, 0.25) is 5.02 Å². The second-order valence-electron chi connectivity index (χ2n) is 6.84. The molecule has 0 saturated carbocycles. The average molecular weight is 398 g/mol. The quantitative estimate of drug-likeness (QED) is 0.503. The Morgan fingerprint density at radius 2 is 1.96 bits per heavy atom. The maximum absolute atomic E-state index is 12.5. The summed E-state index contributed by atoms with van der Waals surface area (Å²) < 4.78 is 11.6. The second-order valence-corrected chi connectivity index (χ2v) is 7.25. The number of anilines is 1. The van der Waals surface area contributed by atoms with E-state index in [1.165, 1.54) is 0 Å². The molecule has 0 aliphatic carbocycles. The minimum absolute atomic E-state index is 0.222. The molecule has 0 saturated heterocycles. The Morgan fingerprint density at radius 1 is 1.21 bits per heavy atom. The number of furan rings is 1. The van der Waals surface area contributed by atoms with Gasteiger partial charge in [-0.1, -0.05) is 17.7 Å². The molecule has 0 bridgehead atoms. The van der Waals surface area contributed by atoms with E-state index >= 15 is 0 Å². The molecule has 0 fully saturated rings. The highest BCUT2D eigenvalue weighted by atomic mass is 35.5. The Balaban J connectivity index is 1.94. The molecular weight excluding hydrogens is 374 g/mol. The summed E-state index contributed by atoms with van der Waals surface area (Å²) in [6.45, 7) is 10.2. The predicted octanol–water partition coefficient (Wildman–Crippen LogP) is 6.45. The van der Waals surface area contributed by atoms with Crippen molar-refractivity contribution in [3.8, 4) is 5.75 Å². The Morgan fingerprint density at radius 3 is 2.64 bits per heavy atom. The van der Waals surface area contributed by atoms with Crippen LogP contribution in [0.1, 0.15) is 36.3 Å². The van der Waals surface area contributed by atoms with Gasteiger partial charge in [0.25, 0.3) is 0 Å². The molecule has 2 aromatic carbocycles. The van der Waals surface area contributed by atoms with Crippen LogP contribution >= 0.6 is 11.6 Å². The van der Waals surface area contributed by atoms with Crippen LogP contribution in [0.15, 0.2) is 40.8 Å². The first kappa shape index (κ1) is 20.0. The van der Waals surface area contributed by atoms with Crippen molar-refractivity contribution in [2.75, 3.05) is 11.9 Å². The summed E-state index contributed by atoms with van der Waals surface area (Å²) in [6.07, 6.45) is 1.57. The van der Waals surface area contributed by atoms with E-state index in [0.29, 0.717) is 23.1 Å². The summed E-state index contributed by atoms with van der Waals surface area (Å²) in [6, 6.07) is 9.36. The molecule has 3 rings (SSSR count). The third kappa shape index (κ3) is 4.07. The lowest BCUT2D eigenvalue weighted by molar-refractivity contribution is -0.111. The number of aryl methyl sites for hydroxylation is 3. The van der Waals surface area contributed by atoms with Crippen molar-refractivity contribution in [3.05, 3.63) is 63.9 Å². The Bertz CT molecular complexity index is 1080. The lowest BCUT2D eigenvalue weighted by Crippen LogP contribution is -2.09. The molecule has 0 aliphatic heterocycles. The number of ether oxygens (including phenoxy) is 1. The number of nitrogens with one attached hydrogen (secondary N) is 1. The van der Waals surface area contributed by atoms with Crippen molar-refractivity contribution in [1.29, 1.82) is 0 Å². The van der Waals surface area contributed by atoms with E-state index in [-0.39, 0.29) is 5.91 Å². The number of benzene rings is 2. The van der Waals surface area contributed by atoms with E-state index in [2.05, 4.69) is 5.32 Å². The standard InChI is InChI=1S/C23H24ClNO3/c1-6-27-21-12-22-19(15(4)16(5)28-22)11-18(21)14(3)9-23(26)25-17-8-7-13(2)20(24)10-17/h7-12H,6H2,1-5H3,(H,25,26)/b14-9+. The zero-order valence-electron chi connectivity index (χ0n) is 16.8. The molecule has 1 heterocycles. The highest BCUT2D eigenvalue weighted by molar-refractivity contribution is 6.31. The average Bonchev–Trinajstić information content (AvgIpc) is 2.91. The molecule has 0 atom stereocenters. The lowest BCUT2D eigenvalue weighted by atomic mass is 10.0. The first-order chi connectivity index (χ1) is 13.3. The number of carbonyl (C=O) groups is 1. The fraction of sp³-hybridized carbons (Fsp3) is 0.261. The monoisotopic (exact) mass is 397 g/mol. The Kier molecular flexibility index (Phi) is 5.80. The molecule has 1 N–H and O–H groups in total. The van der Waals surface area contributed by atoms with Gasteiger partial charge in [0.1, 0.15) is 17.1 Å². The summed E-state index contributed by atoms with van der Waals surface area (Å²) >= 11 is 6.13. The van der Waals surface area contributed by atoms with Crippen LogP contribution in [-0.2, 0) is 4.79 Å². The molecule has 5 heteroatoms. The molecule has 0 radical (unpaired) electrons. The highest BCUT2D eigenvalue weighted by Gasteiger charge is 2.14. The van der Waals surface area contributed by atoms with E-state index in [0.717, 1.165) is 39.0 Å². The molecule has 0 aliphatic rings. The summed E-state index contributed by atoms with van der Waals surface area (Å²) in [7, 11) is 0. The van der Waals surface area contributed by atoms with E-state index in [9.17, 15) is 4.79 Å². The van der Waals surface area contributed by atoms with E-state index in [4.69, 9.17) is 20.8 Å². The summed E-state index contributed by atoms with van der Waals surface area (Å²) in [5, 5.41) is 4.50. The topological polar surface area (TPSA) is 51.5 Å². The number of fused-ring (bicyclic) bond motifs is 1. The first-order valence-corrected chi connectivity index (χ1v) is 9.60. The van der Waals surface area contributed by atoms with Gasteiger partial charge >= 0.3 is 0 Å². The third-order valence-electron chi connectivity index (χ3n) is 4.79. The van der Waals surface area contributed by atoms with Crippen molar-refractivity contribution in [3.63, 3.8) is 0 Å². The summed E-state index contributed by atoms with van der Waals surface area (Å²) in [4.78, 5) is 12.5. The van der Waals surface area contributed by atoms with E-state index in [1.807, 2.05) is 58.9 Å². The van der Waals surface area contributed by atoms with Crippen LogP contribution < -0.4 is 10.1 Å². The zero-order valence-corrected chi connectivity index (χ0v) is 17.5. The van der Waals surface area contributed by atoms with Gasteiger partial charge in [-0.2, -0.15) is 0 Å². The number of rotatable bonds is 5. The maximum atomic E-state index is 12.5. The maximum Gasteiger partial charge on any atom is 0.248 e. The molecule has 146 valence electrons. The molecule has 3 aromatic rings. The molecule has 1 amide bonds. The van der Waals surface area contributed by atoms with E-state index < -0.39 is 0 Å². The van der Waals surface area contributed by atoms with Crippen LogP contribution in [0, 0.1) is 20.8 Å². The van der Waals surface area contributed by atoms with E-state index in [1.54, 1.807) is 12.1 Å². The smallest absolute Gasteiger partial charge is 0.248 e. The number of hydrogen-bond acceptors (Lipinski definition) is 3. The van der Waals surface area contributed by atoms with Gasteiger partial charge in [0.05, 0.1) is 6.61 Å². The van der Waals surface area contributed by atoms with Gasteiger partial charge in [-0.25, -0.2) is 0 Å². The van der Waals surface area contributed by atoms with Crippen LogP contribution in [0.25, 0.3) is 16.5 Å². The molecule has 1 aromatic heterocycles. The van der Waals surface area contributed by atoms with Crippen molar-refractivity contribution in [2.24, 2.45) is 0 Å². The van der Waals surface area contributed by atoms with Crippen molar-refractivity contribution in [2.45, 2.75) is 34.6 Å². The van der Waals surface area contributed by atoms with Gasteiger partial charge in [-0.3, -0.25) is 4.79 Å².